The van der Waals surface area contributed by atoms with Gasteiger partial charge in [0, 0.05) is 12.6 Å². The van der Waals surface area contributed by atoms with Gasteiger partial charge in [0.05, 0.1) is 0 Å². The molecule has 1 aliphatic rings. The molecule has 1 heterocycles. The zero-order valence-corrected chi connectivity index (χ0v) is 14.5. The second-order valence-corrected chi connectivity index (χ2v) is 6.98. The predicted molar refractivity (Wildman–Crippen MR) is 91.7 cm³/mol. The van der Waals surface area contributed by atoms with Crippen LogP contribution in [0, 0.1) is 6.92 Å². The summed E-state index contributed by atoms with van der Waals surface area (Å²) in [5.41, 5.74) is 2.61. The van der Waals surface area contributed by atoms with Crippen LogP contribution in [0.3, 0.4) is 0 Å². The van der Waals surface area contributed by atoms with E-state index in [1.54, 1.807) is 0 Å². The first-order valence-corrected chi connectivity index (χ1v) is 8.63. The van der Waals surface area contributed by atoms with Gasteiger partial charge < -0.3 is 9.84 Å². The van der Waals surface area contributed by atoms with E-state index in [4.69, 9.17) is 4.74 Å². The summed E-state index contributed by atoms with van der Waals surface area (Å²) in [6.45, 7) is 10.9. The molecule has 0 saturated carbocycles. The molecule has 1 N–H and O–H groups in total. The summed E-state index contributed by atoms with van der Waals surface area (Å²) in [5.74, 6) is 1.38. The molecule has 1 saturated heterocycles. The Hall–Kier alpha value is -1.06. The lowest BCUT2D eigenvalue weighted by molar-refractivity contribution is 0.0437. The molecule has 2 atom stereocenters. The van der Waals surface area contributed by atoms with Crippen LogP contribution in [0.1, 0.15) is 57.1 Å². The maximum absolute atomic E-state index is 10.2. The third-order valence-corrected chi connectivity index (χ3v) is 4.69. The molecule has 1 fully saturated rings. The number of hydrogen-bond donors (Lipinski definition) is 1. The number of ether oxygens (including phenoxy) is 1. The molecule has 3 heteroatoms. The minimum Gasteiger partial charge on any atom is -0.491 e. The molecule has 0 amide bonds. The number of rotatable bonds is 6. The van der Waals surface area contributed by atoms with Crippen LogP contribution < -0.4 is 4.74 Å². The maximum atomic E-state index is 10.2. The molecule has 124 valence electrons. The number of β-amino-alcohol motifs (C(OH)–C–C–N with tert-alkyl or cyclic N) is 1. The highest BCUT2D eigenvalue weighted by molar-refractivity contribution is 5.36. The molecule has 0 aromatic heterocycles. The van der Waals surface area contributed by atoms with Gasteiger partial charge in [0.1, 0.15) is 18.5 Å². The zero-order valence-electron chi connectivity index (χ0n) is 14.5. The lowest BCUT2D eigenvalue weighted by Crippen LogP contribution is -2.43. The summed E-state index contributed by atoms with van der Waals surface area (Å²) >= 11 is 0. The van der Waals surface area contributed by atoms with Gasteiger partial charge in [0.15, 0.2) is 0 Å². The molecule has 0 unspecified atom stereocenters. The predicted octanol–water partition coefficient (Wildman–Crippen LogP) is 3.73. The van der Waals surface area contributed by atoms with Crippen molar-refractivity contribution >= 4 is 0 Å². The van der Waals surface area contributed by atoms with E-state index in [9.17, 15) is 5.11 Å². The van der Waals surface area contributed by atoms with Gasteiger partial charge in [-0.25, -0.2) is 0 Å². The van der Waals surface area contributed by atoms with Crippen molar-refractivity contribution in [2.75, 3.05) is 19.7 Å². The number of hydrogen-bond acceptors (Lipinski definition) is 3. The molecule has 3 nitrogen and oxygen atoms in total. The van der Waals surface area contributed by atoms with Crippen molar-refractivity contribution in [3.63, 3.8) is 0 Å². The summed E-state index contributed by atoms with van der Waals surface area (Å²) in [5, 5.41) is 10.2. The van der Waals surface area contributed by atoms with Crippen LogP contribution in [-0.2, 0) is 0 Å². The van der Waals surface area contributed by atoms with E-state index in [0.29, 0.717) is 25.1 Å². The van der Waals surface area contributed by atoms with Crippen LogP contribution in [0.2, 0.25) is 0 Å². The first kappa shape index (κ1) is 17.3. The van der Waals surface area contributed by atoms with Crippen LogP contribution in [0.4, 0.5) is 0 Å². The molecule has 0 radical (unpaired) electrons. The first-order chi connectivity index (χ1) is 10.5. The van der Waals surface area contributed by atoms with Gasteiger partial charge in [0.25, 0.3) is 0 Å². The van der Waals surface area contributed by atoms with Gasteiger partial charge in [-0.1, -0.05) is 26.3 Å². The Kier molecular flexibility index (Phi) is 6.27. The normalized spacial score (nSPS) is 21.1. The second-order valence-electron chi connectivity index (χ2n) is 6.98. The van der Waals surface area contributed by atoms with Crippen molar-refractivity contribution in [1.29, 1.82) is 0 Å². The Balaban J connectivity index is 1.83. The van der Waals surface area contributed by atoms with E-state index in [-0.39, 0.29) is 0 Å². The highest BCUT2D eigenvalue weighted by Crippen LogP contribution is 2.23. The molecule has 1 aliphatic heterocycles. The average Bonchev–Trinajstić information content (AvgIpc) is 2.47. The van der Waals surface area contributed by atoms with E-state index in [0.717, 1.165) is 12.3 Å². The molecule has 0 spiro atoms. The average molecular weight is 305 g/mol. The minimum atomic E-state index is -0.425. The Morgan fingerprint density at radius 2 is 2.09 bits per heavy atom. The Morgan fingerprint density at radius 1 is 1.32 bits per heavy atom. The van der Waals surface area contributed by atoms with Crippen molar-refractivity contribution in [3.8, 4) is 5.75 Å². The Labute approximate surface area is 135 Å². The van der Waals surface area contributed by atoms with E-state index in [2.05, 4.69) is 44.7 Å². The molecule has 2 rings (SSSR count). The van der Waals surface area contributed by atoms with E-state index in [1.165, 1.54) is 30.4 Å². The topological polar surface area (TPSA) is 32.7 Å². The summed E-state index contributed by atoms with van der Waals surface area (Å²) in [6, 6.07) is 6.80. The van der Waals surface area contributed by atoms with Gasteiger partial charge in [-0.3, -0.25) is 4.90 Å². The maximum Gasteiger partial charge on any atom is 0.119 e. The lowest BCUT2D eigenvalue weighted by atomic mass is 9.98. The molecule has 22 heavy (non-hydrogen) atoms. The SMILES string of the molecule is Cc1cc(OC[C@@H](O)CN2CCCC[C@@H]2C)ccc1C(C)C. The fourth-order valence-electron chi connectivity index (χ4n) is 3.33. The monoisotopic (exact) mass is 305 g/mol. The third-order valence-electron chi connectivity index (χ3n) is 4.69. The van der Waals surface area contributed by atoms with Crippen LogP contribution in [0.5, 0.6) is 5.75 Å². The quantitative estimate of drug-likeness (QED) is 0.869. The van der Waals surface area contributed by atoms with E-state index >= 15 is 0 Å². The number of piperidine rings is 1. The summed E-state index contributed by atoms with van der Waals surface area (Å²) < 4.78 is 5.78. The van der Waals surface area contributed by atoms with Gasteiger partial charge in [-0.2, -0.15) is 0 Å². The van der Waals surface area contributed by atoms with Crippen molar-refractivity contribution in [1.82, 2.24) is 4.90 Å². The number of likely N-dealkylation sites (tertiary alicyclic amines) is 1. The Bertz CT molecular complexity index is 473. The van der Waals surface area contributed by atoms with E-state index in [1.807, 2.05) is 6.07 Å². The smallest absolute Gasteiger partial charge is 0.119 e. The zero-order chi connectivity index (χ0) is 16.1. The number of aliphatic hydroxyl groups is 1. The number of benzene rings is 1. The molecule has 0 aliphatic carbocycles. The van der Waals surface area contributed by atoms with Crippen LogP contribution in [0.25, 0.3) is 0 Å². The molecule has 1 aromatic carbocycles. The fourth-order valence-corrected chi connectivity index (χ4v) is 3.33. The Morgan fingerprint density at radius 3 is 2.73 bits per heavy atom. The van der Waals surface area contributed by atoms with Crippen molar-refractivity contribution < 1.29 is 9.84 Å². The molecular weight excluding hydrogens is 274 g/mol. The molecule has 0 bridgehead atoms. The second kappa shape index (κ2) is 7.98. The fraction of sp³-hybridized carbons (Fsp3) is 0.684. The van der Waals surface area contributed by atoms with Gasteiger partial charge in [0.2, 0.25) is 0 Å². The van der Waals surface area contributed by atoms with Crippen molar-refractivity contribution in [2.24, 2.45) is 0 Å². The largest absolute Gasteiger partial charge is 0.491 e. The van der Waals surface area contributed by atoms with Gasteiger partial charge >= 0.3 is 0 Å². The standard InChI is InChI=1S/C19H31NO2/c1-14(2)19-9-8-18(11-15(19)3)22-13-17(21)12-20-10-6-5-7-16(20)4/h8-9,11,14,16-17,21H,5-7,10,12-13H2,1-4H3/t16-,17-/m0/s1. The van der Waals surface area contributed by atoms with Crippen LogP contribution in [0.15, 0.2) is 18.2 Å². The summed E-state index contributed by atoms with van der Waals surface area (Å²) in [7, 11) is 0. The van der Waals surface area contributed by atoms with E-state index < -0.39 is 6.10 Å². The number of aryl methyl sites for hydroxylation is 1. The molecule has 1 aromatic rings. The minimum absolute atomic E-state index is 0.365. The van der Waals surface area contributed by atoms with Gasteiger partial charge in [-0.05, 0) is 62.4 Å². The van der Waals surface area contributed by atoms with Crippen molar-refractivity contribution in [2.45, 2.75) is 65.0 Å². The summed E-state index contributed by atoms with van der Waals surface area (Å²) in [4.78, 5) is 2.38. The number of aliphatic hydroxyl groups excluding tert-OH is 1. The van der Waals surface area contributed by atoms with Crippen LogP contribution >= 0.6 is 0 Å². The van der Waals surface area contributed by atoms with Crippen molar-refractivity contribution in [3.05, 3.63) is 29.3 Å². The number of nitrogens with zero attached hydrogens (tertiary/aromatic N) is 1. The van der Waals surface area contributed by atoms with Crippen LogP contribution in [-0.4, -0.2) is 41.8 Å². The highest BCUT2D eigenvalue weighted by Gasteiger charge is 2.21. The first-order valence-electron chi connectivity index (χ1n) is 8.63. The summed E-state index contributed by atoms with van der Waals surface area (Å²) in [6.07, 6.45) is 3.37. The highest BCUT2D eigenvalue weighted by atomic mass is 16.5. The molecular formula is C19H31NO2. The third kappa shape index (κ3) is 4.72. The van der Waals surface area contributed by atoms with Gasteiger partial charge in [-0.15, -0.1) is 0 Å². The lowest BCUT2D eigenvalue weighted by Gasteiger charge is -2.34.